The van der Waals surface area contributed by atoms with Crippen molar-refractivity contribution in [2.75, 3.05) is 18.5 Å². The highest BCUT2D eigenvalue weighted by molar-refractivity contribution is 7.80. The van der Waals surface area contributed by atoms with E-state index in [4.69, 9.17) is 18.0 Å². The highest BCUT2D eigenvalue weighted by atomic mass is 32.1. The molecule has 2 N–H and O–H groups in total. The van der Waals surface area contributed by atoms with Gasteiger partial charge in [-0.1, -0.05) is 12.2 Å². The van der Waals surface area contributed by atoms with Crippen molar-refractivity contribution in [1.82, 2.24) is 4.98 Å². The number of nitrogens with two attached hydrogens (primary N) is 1. The minimum Gasteiger partial charge on any atom is -0.389 e. The van der Waals surface area contributed by atoms with Crippen LogP contribution in [-0.4, -0.2) is 23.6 Å². The summed E-state index contributed by atoms with van der Waals surface area (Å²) < 4.78 is 13.8. The van der Waals surface area contributed by atoms with Gasteiger partial charge in [-0.05, 0) is 42.3 Å². The summed E-state index contributed by atoms with van der Waals surface area (Å²) in [6, 6.07) is 8.86. The molecule has 3 nitrogen and oxygen atoms in total. The van der Waals surface area contributed by atoms with E-state index in [1.807, 2.05) is 30.1 Å². The predicted molar refractivity (Wildman–Crippen MR) is 83.5 cm³/mol. The van der Waals surface area contributed by atoms with Gasteiger partial charge in [-0.3, -0.25) is 4.98 Å². The third-order valence-corrected chi connectivity index (χ3v) is 3.36. The number of thiocarbonyl (C=S) groups is 1. The van der Waals surface area contributed by atoms with Crippen molar-refractivity contribution in [2.24, 2.45) is 5.73 Å². The van der Waals surface area contributed by atoms with E-state index in [2.05, 4.69) is 4.98 Å². The summed E-state index contributed by atoms with van der Waals surface area (Å²) in [5.41, 5.74) is 7.73. The molecule has 0 unspecified atom stereocenters. The Kier molecular flexibility index (Phi) is 4.63. The summed E-state index contributed by atoms with van der Waals surface area (Å²) in [5, 5.41) is 0. The summed E-state index contributed by atoms with van der Waals surface area (Å²) in [7, 11) is 1.93. The minimum atomic E-state index is -0.384. The fraction of sp³-hybridized carbons (Fsp3) is 0.200. The molecule has 0 spiro atoms. The lowest BCUT2D eigenvalue weighted by atomic mass is 10.1. The molecule has 1 aromatic carbocycles. The molecule has 2 rings (SSSR count). The van der Waals surface area contributed by atoms with Crippen molar-refractivity contribution in [3.63, 3.8) is 0 Å². The summed E-state index contributed by atoms with van der Waals surface area (Å²) in [5.74, 6) is -0.384. The molecule has 0 fully saturated rings. The van der Waals surface area contributed by atoms with Crippen LogP contribution in [0.25, 0.3) is 0 Å². The molecule has 0 bridgehead atoms. The Morgan fingerprint density at radius 2 is 2.00 bits per heavy atom. The van der Waals surface area contributed by atoms with Gasteiger partial charge in [0.25, 0.3) is 0 Å². The van der Waals surface area contributed by atoms with Gasteiger partial charge in [0.2, 0.25) is 0 Å². The summed E-state index contributed by atoms with van der Waals surface area (Å²) in [6.07, 6.45) is 4.41. The first-order valence-corrected chi connectivity index (χ1v) is 6.68. The van der Waals surface area contributed by atoms with Crippen molar-refractivity contribution < 1.29 is 4.39 Å². The van der Waals surface area contributed by atoms with Crippen LogP contribution in [-0.2, 0) is 6.42 Å². The fourth-order valence-electron chi connectivity index (χ4n) is 1.92. The maximum atomic E-state index is 13.8. The number of nitrogens with zero attached hydrogens (tertiary/aromatic N) is 2. The second kappa shape index (κ2) is 6.43. The zero-order valence-corrected chi connectivity index (χ0v) is 12.0. The summed E-state index contributed by atoms with van der Waals surface area (Å²) in [6.45, 7) is 0.788. The topological polar surface area (TPSA) is 42.2 Å². The number of hydrogen-bond donors (Lipinski definition) is 1. The molecule has 0 saturated carbocycles. The number of benzene rings is 1. The molecule has 104 valence electrons. The van der Waals surface area contributed by atoms with Crippen LogP contribution in [0, 0.1) is 5.82 Å². The van der Waals surface area contributed by atoms with E-state index < -0.39 is 0 Å². The Bertz CT molecular complexity index is 601. The quantitative estimate of drug-likeness (QED) is 0.859. The van der Waals surface area contributed by atoms with Gasteiger partial charge in [0.15, 0.2) is 0 Å². The second-order valence-corrected chi connectivity index (χ2v) is 5.00. The molecular formula is C15H16FN3S. The average molecular weight is 289 g/mol. The minimum absolute atomic E-state index is 0.0773. The fourth-order valence-corrected chi connectivity index (χ4v) is 2.08. The average Bonchev–Trinajstić information content (AvgIpc) is 2.45. The smallest absolute Gasteiger partial charge is 0.135 e. The Hall–Kier alpha value is -2.01. The Morgan fingerprint density at radius 1 is 1.30 bits per heavy atom. The van der Waals surface area contributed by atoms with Crippen LogP contribution < -0.4 is 10.6 Å². The van der Waals surface area contributed by atoms with Crippen LogP contribution in [0.5, 0.6) is 0 Å². The molecule has 1 heterocycles. The maximum absolute atomic E-state index is 13.8. The van der Waals surface area contributed by atoms with E-state index in [0.29, 0.717) is 0 Å². The van der Waals surface area contributed by atoms with Gasteiger partial charge < -0.3 is 10.6 Å². The lowest BCUT2D eigenvalue weighted by Crippen LogP contribution is -2.21. The van der Waals surface area contributed by atoms with Crippen LogP contribution in [0.15, 0.2) is 42.7 Å². The third kappa shape index (κ3) is 3.51. The van der Waals surface area contributed by atoms with Crippen molar-refractivity contribution in [3.8, 4) is 0 Å². The molecule has 0 saturated heterocycles. The lowest BCUT2D eigenvalue weighted by Gasteiger charge is -2.20. The molecule has 20 heavy (non-hydrogen) atoms. The SMILES string of the molecule is CN(CCc1ccncc1)c1ccc(C(N)=S)c(F)c1. The van der Waals surface area contributed by atoms with Gasteiger partial charge in [-0.25, -0.2) is 4.39 Å². The molecule has 0 radical (unpaired) electrons. The Balaban J connectivity index is 2.04. The first-order valence-electron chi connectivity index (χ1n) is 6.27. The number of halogens is 1. The van der Waals surface area contributed by atoms with Crippen LogP contribution >= 0.6 is 12.2 Å². The van der Waals surface area contributed by atoms with Gasteiger partial charge in [-0.2, -0.15) is 0 Å². The van der Waals surface area contributed by atoms with Crippen molar-refractivity contribution >= 4 is 22.9 Å². The Morgan fingerprint density at radius 3 is 2.60 bits per heavy atom. The number of likely N-dealkylation sites (N-methyl/N-ethyl adjacent to an activating group) is 1. The molecule has 0 atom stereocenters. The number of anilines is 1. The van der Waals surface area contributed by atoms with Gasteiger partial charge in [0, 0.05) is 37.2 Å². The van der Waals surface area contributed by atoms with Gasteiger partial charge in [0.05, 0.1) is 0 Å². The van der Waals surface area contributed by atoms with E-state index in [9.17, 15) is 4.39 Å². The van der Waals surface area contributed by atoms with E-state index >= 15 is 0 Å². The molecule has 0 aliphatic carbocycles. The molecular weight excluding hydrogens is 273 g/mol. The van der Waals surface area contributed by atoms with Crippen LogP contribution in [0.3, 0.4) is 0 Å². The zero-order valence-electron chi connectivity index (χ0n) is 11.2. The van der Waals surface area contributed by atoms with E-state index in [0.717, 1.165) is 18.7 Å². The summed E-state index contributed by atoms with van der Waals surface area (Å²) in [4.78, 5) is 6.05. The number of pyridine rings is 1. The first-order chi connectivity index (χ1) is 9.58. The zero-order chi connectivity index (χ0) is 14.5. The Labute approximate surface area is 123 Å². The molecule has 0 aliphatic rings. The molecule has 1 aromatic heterocycles. The molecule has 5 heteroatoms. The normalized spacial score (nSPS) is 10.3. The monoisotopic (exact) mass is 289 g/mol. The highest BCUT2D eigenvalue weighted by Crippen LogP contribution is 2.18. The van der Waals surface area contributed by atoms with E-state index in [1.54, 1.807) is 18.5 Å². The van der Waals surface area contributed by atoms with Crippen LogP contribution in [0.2, 0.25) is 0 Å². The number of rotatable bonds is 5. The van der Waals surface area contributed by atoms with Gasteiger partial charge in [-0.15, -0.1) is 0 Å². The van der Waals surface area contributed by atoms with Crippen LogP contribution in [0.4, 0.5) is 10.1 Å². The summed E-state index contributed by atoms with van der Waals surface area (Å²) >= 11 is 4.79. The van der Waals surface area contributed by atoms with Gasteiger partial charge in [0.1, 0.15) is 10.8 Å². The molecule has 0 aliphatic heterocycles. The standard InChI is InChI=1S/C15H16FN3S/c1-19(9-6-11-4-7-18-8-5-11)12-2-3-13(15(17)20)14(16)10-12/h2-5,7-8,10H,6,9H2,1H3,(H2,17,20). The van der Waals surface area contributed by atoms with E-state index in [-0.39, 0.29) is 16.4 Å². The van der Waals surface area contributed by atoms with E-state index in [1.165, 1.54) is 11.6 Å². The highest BCUT2D eigenvalue weighted by Gasteiger charge is 2.08. The predicted octanol–water partition coefficient (Wildman–Crippen LogP) is 2.53. The lowest BCUT2D eigenvalue weighted by molar-refractivity contribution is 0.625. The number of aromatic nitrogens is 1. The van der Waals surface area contributed by atoms with Crippen molar-refractivity contribution in [2.45, 2.75) is 6.42 Å². The van der Waals surface area contributed by atoms with Crippen LogP contribution in [0.1, 0.15) is 11.1 Å². The largest absolute Gasteiger partial charge is 0.389 e. The number of hydrogen-bond acceptors (Lipinski definition) is 3. The maximum Gasteiger partial charge on any atom is 0.135 e. The van der Waals surface area contributed by atoms with Crippen molar-refractivity contribution in [1.29, 1.82) is 0 Å². The molecule has 0 amide bonds. The van der Waals surface area contributed by atoms with Crippen molar-refractivity contribution in [3.05, 3.63) is 59.7 Å². The second-order valence-electron chi connectivity index (χ2n) is 4.56. The molecule has 2 aromatic rings. The first kappa shape index (κ1) is 14.4. The van der Waals surface area contributed by atoms with Gasteiger partial charge >= 0.3 is 0 Å². The third-order valence-electron chi connectivity index (χ3n) is 3.14.